The highest BCUT2D eigenvalue weighted by Gasteiger charge is 2.18. The van der Waals surface area contributed by atoms with E-state index in [0.29, 0.717) is 17.5 Å². The largest absolute Gasteiger partial charge is 0.208 e. The molecule has 2 aromatic heterocycles. The second-order valence-corrected chi connectivity index (χ2v) is 12.3. The minimum absolute atomic E-state index is 0.662. The van der Waals surface area contributed by atoms with Crippen LogP contribution in [0, 0.1) is 0 Å². The molecule has 0 saturated heterocycles. The van der Waals surface area contributed by atoms with Crippen LogP contribution in [0.1, 0.15) is 0 Å². The van der Waals surface area contributed by atoms with Gasteiger partial charge in [-0.1, -0.05) is 127 Å². The number of benzene rings is 7. The zero-order valence-electron chi connectivity index (χ0n) is 24.2. The number of hydrogen-bond donors (Lipinski definition) is 0. The lowest BCUT2D eigenvalue weighted by molar-refractivity contribution is 1.08. The normalized spacial score (nSPS) is 11.6. The summed E-state index contributed by atoms with van der Waals surface area (Å²) in [4.78, 5) is 15.4. The van der Waals surface area contributed by atoms with Crippen LogP contribution in [0.25, 0.3) is 87.0 Å². The average molecular weight is 592 g/mol. The van der Waals surface area contributed by atoms with Crippen LogP contribution in [0.4, 0.5) is 0 Å². The van der Waals surface area contributed by atoms with Crippen molar-refractivity contribution in [1.82, 2.24) is 15.0 Å². The molecule has 210 valence electrons. The van der Waals surface area contributed by atoms with Crippen molar-refractivity contribution in [2.45, 2.75) is 0 Å². The van der Waals surface area contributed by atoms with Gasteiger partial charge in [-0.05, 0) is 56.9 Å². The van der Waals surface area contributed by atoms with Crippen molar-refractivity contribution < 1.29 is 0 Å². The van der Waals surface area contributed by atoms with Gasteiger partial charge >= 0.3 is 0 Å². The summed E-state index contributed by atoms with van der Waals surface area (Å²) >= 11 is 1.80. The van der Waals surface area contributed by atoms with Crippen LogP contribution in [0.3, 0.4) is 0 Å². The van der Waals surface area contributed by atoms with E-state index in [0.717, 1.165) is 33.0 Å². The molecular weight excluding hydrogens is 567 g/mol. The Morgan fingerprint density at radius 3 is 1.87 bits per heavy atom. The Hall–Kier alpha value is -5.71. The molecule has 0 aliphatic heterocycles. The summed E-state index contributed by atoms with van der Waals surface area (Å²) < 4.78 is 2.48. The topological polar surface area (TPSA) is 38.7 Å². The molecule has 0 aliphatic rings. The minimum atomic E-state index is 0.662. The first-order valence-corrected chi connectivity index (χ1v) is 15.8. The van der Waals surface area contributed by atoms with Crippen molar-refractivity contribution in [3.8, 4) is 45.3 Å². The summed E-state index contributed by atoms with van der Waals surface area (Å²) in [6, 6.07) is 53.4. The maximum Gasteiger partial charge on any atom is 0.164 e. The maximum atomic E-state index is 5.21. The highest BCUT2D eigenvalue weighted by molar-refractivity contribution is 7.25. The number of nitrogens with zero attached hydrogens (tertiary/aromatic N) is 3. The van der Waals surface area contributed by atoms with Crippen molar-refractivity contribution in [2.75, 3.05) is 0 Å². The molecule has 3 nitrogen and oxygen atoms in total. The second-order valence-electron chi connectivity index (χ2n) is 11.3. The van der Waals surface area contributed by atoms with E-state index in [2.05, 4.69) is 133 Å². The van der Waals surface area contributed by atoms with Crippen molar-refractivity contribution in [3.05, 3.63) is 152 Å². The fourth-order valence-corrected chi connectivity index (χ4v) is 7.44. The van der Waals surface area contributed by atoms with Gasteiger partial charge in [0.1, 0.15) is 0 Å². The van der Waals surface area contributed by atoms with Gasteiger partial charge in [-0.3, -0.25) is 0 Å². The molecule has 9 rings (SSSR count). The molecule has 0 unspecified atom stereocenters. The van der Waals surface area contributed by atoms with E-state index >= 15 is 0 Å². The lowest BCUT2D eigenvalue weighted by Gasteiger charge is -2.12. The molecule has 0 saturated carbocycles. The fourth-order valence-electron chi connectivity index (χ4n) is 6.31. The number of hydrogen-bond acceptors (Lipinski definition) is 4. The molecule has 0 N–H and O–H groups in total. The Labute approximate surface area is 264 Å². The molecule has 9 aromatic rings. The summed E-state index contributed by atoms with van der Waals surface area (Å²) in [5.74, 6) is 2.00. The molecule has 2 heterocycles. The molecule has 0 spiro atoms. The zero-order valence-corrected chi connectivity index (χ0v) is 25.0. The third kappa shape index (κ3) is 4.46. The van der Waals surface area contributed by atoms with E-state index in [4.69, 9.17) is 15.0 Å². The predicted molar refractivity (Wildman–Crippen MR) is 189 cm³/mol. The Balaban J connectivity index is 1.28. The molecule has 4 heteroatoms. The molecule has 0 aliphatic carbocycles. The first-order valence-electron chi connectivity index (χ1n) is 15.0. The summed E-state index contributed by atoms with van der Waals surface area (Å²) in [6.45, 7) is 0. The Morgan fingerprint density at radius 2 is 0.978 bits per heavy atom. The van der Waals surface area contributed by atoms with Gasteiger partial charge in [-0.2, -0.15) is 0 Å². The minimum Gasteiger partial charge on any atom is -0.208 e. The average Bonchev–Trinajstić information content (AvgIpc) is 3.50. The lowest BCUT2D eigenvalue weighted by atomic mass is 9.96. The Morgan fingerprint density at radius 1 is 0.356 bits per heavy atom. The van der Waals surface area contributed by atoms with Crippen LogP contribution in [0.5, 0.6) is 0 Å². The summed E-state index contributed by atoms with van der Waals surface area (Å²) in [5, 5.41) is 7.13. The maximum absolute atomic E-state index is 5.21. The first-order chi connectivity index (χ1) is 22.3. The van der Waals surface area contributed by atoms with Gasteiger partial charge in [-0.25, -0.2) is 15.0 Å². The predicted octanol–water partition coefficient (Wildman–Crippen LogP) is 11.2. The van der Waals surface area contributed by atoms with Crippen LogP contribution < -0.4 is 0 Å². The van der Waals surface area contributed by atoms with E-state index in [-0.39, 0.29) is 0 Å². The Bertz CT molecular complexity index is 2550. The molecule has 7 aromatic carbocycles. The number of thiophene rings is 1. The summed E-state index contributed by atoms with van der Waals surface area (Å²) in [7, 11) is 0. The van der Waals surface area contributed by atoms with E-state index in [1.807, 2.05) is 18.2 Å². The molecule has 0 amide bonds. The van der Waals surface area contributed by atoms with Gasteiger partial charge in [0.25, 0.3) is 0 Å². The molecule has 0 atom stereocenters. The smallest absolute Gasteiger partial charge is 0.164 e. The van der Waals surface area contributed by atoms with E-state index in [1.165, 1.54) is 36.5 Å². The highest BCUT2D eigenvalue weighted by Crippen LogP contribution is 2.40. The lowest BCUT2D eigenvalue weighted by Crippen LogP contribution is -2.00. The Kier molecular flexibility index (Phi) is 6.00. The summed E-state index contributed by atoms with van der Waals surface area (Å²) in [6.07, 6.45) is 0. The van der Waals surface area contributed by atoms with Crippen LogP contribution >= 0.6 is 11.3 Å². The molecule has 0 fully saturated rings. The number of fused-ring (bicyclic) bond motifs is 5. The van der Waals surface area contributed by atoms with Gasteiger partial charge in [0, 0.05) is 36.9 Å². The van der Waals surface area contributed by atoms with E-state index < -0.39 is 0 Å². The fraction of sp³-hybridized carbons (Fsp3) is 0. The van der Waals surface area contributed by atoms with Gasteiger partial charge < -0.3 is 0 Å². The molecule has 0 bridgehead atoms. The molecule has 45 heavy (non-hydrogen) atoms. The van der Waals surface area contributed by atoms with Crippen LogP contribution in [-0.2, 0) is 0 Å². The third-order valence-electron chi connectivity index (χ3n) is 8.52. The quantitative estimate of drug-likeness (QED) is 0.204. The van der Waals surface area contributed by atoms with E-state index in [9.17, 15) is 0 Å². The van der Waals surface area contributed by atoms with Gasteiger partial charge in [-0.15, -0.1) is 11.3 Å². The monoisotopic (exact) mass is 591 g/mol. The zero-order chi connectivity index (χ0) is 29.7. The van der Waals surface area contributed by atoms with Gasteiger partial charge in [0.05, 0.1) is 0 Å². The first kappa shape index (κ1) is 25.8. The van der Waals surface area contributed by atoms with Gasteiger partial charge in [0.2, 0.25) is 0 Å². The van der Waals surface area contributed by atoms with Crippen LogP contribution in [0.15, 0.2) is 152 Å². The van der Waals surface area contributed by atoms with Crippen LogP contribution in [0.2, 0.25) is 0 Å². The highest BCUT2D eigenvalue weighted by atomic mass is 32.1. The number of aromatic nitrogens is 3. The van der Waals surface area contributed by atoms with Crippen molar-refractivity contribution >= 4 is 53.1 Å². The van der Waals surface area contributed by atoms with Crippen molar-refractivity contribution in [1.29, 1.82) is 0 Å². The van der Waals surface area contributed by atoms with Crippen molar-refractivity contribution in [3.63, 3.8) is 0 Å². The van der Waals surface area contributed by atoms with Gasteiger partial charge in [0.15, 0.2) is 17.5 Å². The van der Waals surface area contributed by atoms with Crippen LogP contribution in [-0.4, -0.2) is 15.0 Å². The molecular formula is C41H25N3S. The summed E-state index contributed by atoms with van der Waals surface area (Å²) in [5.41, 5.74) is 5.30. The molecule has 0 radical (unpaired) electrons. The van der Waals surface area contributed by atoms with E-state index in [1.54, 1.807) is 11.3 Å². The SMILES string of the molecule is c1ccc(-c2nc(-c3cccc4ccc(-c5ccc6ccccc6c5)cc34)nc(-c3cccc4sc5ccccc5c34)n2)cc1. The second kappa shape index (κ2) is 10.5. The standard InChI is InChI=1S/C41H25N3S/c1-2-11-28(12-3-1)39-42-40(44-41(43-39)34-17-9-19-37-38(34)33-15-6-7-18-36(33)45-37)32-16-8-14-27-21-23-31(25-35(27)32)30-22-20-26-10-4-5-13-29(26)24-30/h1-25H. The van der Waals surface area contributed by atoms with Crippen molar-refractivity contribution in [2.24, 2.45) is 0 Å². The number of rotatable bonds is 4. The third-order valence-corrected chi connectivity index (χ3v) is 9.65.